The van der Waals surface area contributed by atoms with Gasteiger partial charge in [0.1, 0.15) is 0 Å². The van der Waals surface area contributed by atoms with E-state index in [9.17, 15) is 4.39 Å². The third-order valence-corrected chi connectivity index (χ3v) is 0. The quantitative estimate of drug-likeness (QED) is 0.457. The van der Waals surface area contributed by atoms with Crippen LogP contribution >= 0.6 is 0 Å². The first-order valence-corrected chi connectivity index (χ1v) is 2.35. The maximum atomic E-state index is 10.8. The van der Waals surface area contributed by atoms with Gasteiger partial charge in [-0.3, -0.25) is 0 Å². The van der Waals surface area contributed by atoms with Gasteiger partial charge in [-0.05, 0) is 6.92 Å². The Morgan fingerprint density at radius 3 is 1.08 bits per heavy atom. The Hall–Kier alpha value is -1.79. The molecule has 0 bridgehead atoms. The zero-order valence-corrected chi connectivity index (χ0v) is 6.19. The summed E-state index contributed by atoms with van der Waals surface area (Å²) in [6.45, 7) is 4.19. The lowest BCUT2D eigenvalue weighted by Gasteiger charge is -1.60. The fraction of sp³-hybridized carbons (Fsp3) is 0.200. The van der Waals surface area contributed by atoms with E-state index in [1.165, 1.54) is 6.92 Å². The Morgan fingerprint density at radius 1 is 1.08 bits per heavy atom. The molecule has 0 aromatic heterocycles. The Labute approximate surface area is 67.2 Å². The van der Waals surface area contributed by atoms with E-state index in [0.717, 1.165) is 0 Å². The molecule has 0 aliphatic rings. The monoisotopic (exact) mass is 184 g/mol. The van der Waals surface area contributed by atoms with Gasteiger partial charge >= 0.3 is 12.3 Å². The van der Waals surface area contributed by atoms with E-state index >= 15 is 0 Å². The summed E-state index contributed by atoms with van der Waals surface area (Å²) in [5.41, 5.74) is 0. The van der Waals surface area contributed by atoms with E-state index in [1.807, 2.05) is 0 Å². The van der Waals surface area contributed by atoms with Crippen molar-refractivity contribution >= 4 is 12.3 Å². The molecule has 6 nitrogen and oxygen atoms in total. The summed E-state index contributed by atoms with van der Waals surface area (Å²) >= 11 is 0. The zero-order valence-electron chi connectivity index (χ0n) is 6.19. The van der Waals surface area contributed by atoms with Gasteiger partial charge in [0.25, 0.3) is 0 Å². The second-order valence-electron chi connectivity index (χ2n) is 1.24. The van der Waals surface area contributed by atoms with Gasteiger partial charge in [0.05, 0.1) is 5.83 Å². The van der Waals surface area contributed by atoms with Crippen molar-refractivity contribution in [3.63, 3.8) is 0 Å². The number of halogens is 1. The van der Waals surface area contributed by atoms with E-state index in [2.05, 4.69) is 6.58 Å². The van der Waals surface area contributed by atoms with Crippen molar-refractivity contribution in [3.05, 3.63) is 12.4 Å². The van der Waals surface area contributed by atoms with Gasteiger partial charge in [0.2, 0.25) is 0 Å². The van der Waals surface area contributed by atoms with Crippen LogP contribution in [-0.2, 0) is 0 Å². The molecule has 0 aromatic carbocycles. The van der Waals surface area contributed by atoms with Gasteiger partial charge in [0.15, 0.2) is 0 Å². The van der Waals surface area contributed by atoms with Crippen LogP contribution in [0.15, 0.2) is 12.4 Å². The second kappa shape index (κ2) is 11.9. The summed E-state index contributed by atoms with van der Waals surface area (Å²) in [6.07, 6.45) is -3.67. The highest BCUT2D eigenvalue weighted by Gasteiger charge is 1.70. The molecule has 0 spiro atoms. The molecular formula is C5H9FO6. The topological polar surface area (TPSA) is 115 Å². The van der Waals surface area contributed by atoms with Crippen LogP contribution < -0.4 is 0 Å². The third-order valence-electron chi connectivity index (χ3n) is 0. The lowest BCUT2D eigenvalue weighted by Crippen LogP contribution is -1.81. The SMILES string of the molecule is C=C(C)F.O=C(O)O.O=C(O)O. The molecule has 0 aliphatic heterocycles. The van der Waals surface area contributed by atoms with Gasteiger partial charge in [-0.2, -0.15) is 0 Å². The minimum absolute atomic E-state index is 0.333. The molecule has 12 heavy (non-hydrogen) atoms. The number of allylic oxidation sites excluding steroid dienone is 1. The summed E-state index contributed by atoms with van der Waals surface area (Å²) in [5, 5.41) is 27.9. The predicted molar refractivity (Wildman–Crippen MR) is 37.2 cm³/mol. The molecule has 0 saturated carbocycles. The van der Waals surface area contributed by atoms with E-state index in [-0.39, 0.29) is 5.83 Å². The van der Waals surface area contributed by atoms with Gasteiger partial charge in [-0.15, -0.1) is 0 Å². The molecule has 0 unspecified atom stereocenters. The average molecular weight is 184 g/mol. The summed E-state index contributed by atoms with van der Waals surface area (Å²) in [4.78, 5) is 17.1. The van der Waals surface area contributed by atoms with Crippen LogP contribution in [0.4, 0.5) is 14.0 Å². The molecular weight excluding hydrogens is 175 g/mol. The Morgan fingerprint density at radius 2 is 1.08 bits per heavy atom. The van der Waals surface area contributed by atoms with Gasteiger partial charge < -0.3 is 20.4 Å². The maximum absolute atomic E-state index is 10.8. The number of hydrogen-bond acceptors (Lipinski definition) is 2. The van der Waals surface area contributed by atoms with E-state index in [1.54, 1.807) is 0 Å². The number of rotatable bonds is 0. The van der Waals surface area contributed by atoms with Gasteiger partial charge in [-0.25, -0.2) is 14.0 Å². The van der Waals surface area contributed by atoms with E-state index in [0.29, 0.717) is 0 Å². The van der Waals surface area contributed by atoms with Crippen LogP contribution in [0.2, 0.25) is 0 Å². The van der Waals surface area contributed by atoms with Crippen LogP contribution in [0, 0.1) is 0 Å². The normalized spacial score (nSPS) is 6.17. The molecule has 0 amide bonds. The molecule has 0 atom stereocenters. The van der Waals surface area contributed by atoms with Gasteiger partial charge in [0, 0.05) is 0 Å². The van der Waals surface area contributed by atoms with Crippen molar-refractivity contribution < 1.29 is 34.4 Å². The molecule has 0 fully saturated rings. The van der Waals surface area contributed by atoms with Crippen molar-refractivity contribution in [2.75, 3.05) is 0 Å². The third kappa shape index (κ3) is 133. The van der Waals surface area contributed by atoms with Crippen molar-refractivity contribution in [1.29, 1.82) is 0 Å². The Kier molecular flexibility index (Phi) is 16.6. The second-order valence-corrected chi connectivity index (χ2v) is 1.24. The van der Waals surface area contributed by atoms with Gasteiger partial charge in [-0.1, -0.05) is 6.58 Å². The molecule has 4 N–H and O–H groups in total. The minimum atomic E-state index is -1.83. The first kappa shape index (κ1) is 16.7. The minimum Gasteiger partial charge on any atom is -0.450 e. The molecule has 0 aromatic rings. The molecule has 0 rings (SSSR count). The van der Waals surface area contributed by atoms with Crippen LogP contribution in [0.3, 0.4) is 0 Å². The van der Waals surface area contributed by atoms with E-state index in [4.69, 9.17) is 30.0 Å². The smallest absolute Gasteiger partial charge is 0.450 e. The molecule has 0 saturated heterocycles. The van der Waals surface area contributed by atoms with Crippen molar-refractivity contribution in [3.8, 4) is 0 Å². The standard InChI is InChI=1S/C3H5F.2CH2O3/c1-3(2)4;2*2-1(3)4/h1H2,2H3;2*(H2,2,3,4). The number of hydrogen-bond donors (Lipinski definition) is 4. The first-order chi connectivity index (χ1) is 5.20. The highest BCUT2D eigenvalue weighted by atomic mass is 19.1. The molecule has 0 radical (unpaired) electrons. The van der Waals surface area contributed by atoms with E-state index < -0.39 is 12.3 Å². The lowest BCUT2D eigenvalue weighted by atomic mass is 10.7. The Bertz CT molecular complexity index is 113. The number of carbonyl (C=O) groups is 2. The van der Waals surface area contributed by atoms with Crippen LogP contribution in [0.1, 0.15) is 6.92 Å². The summed E-state index contributed by atoms with van der Waals surface area (Å²) in [5.74, 6) is -0.333. The highest BCUT2D eigenvalue weighted by Crippen LogP contribution is 1.80. The largest absolute Gasteiger partial charge is 0.503 e. The average Bonchev–Trinajstić information content (AvgIpc) is 1.54. The summed E-state index contributed by atoms with van der Waals surface area (Å²) in [7, 11) is 0. The van der Waals surface area contributed by atoms with Crippen LogP contribution in [0.5, 0.6) is 0 Å². The molecule has 0 aliphatic carbocycles. The molecule has 0 heterocycles. The molecule has 72 valence electrons. The summed E-state index contributed by atoms with van der Waals surface area (Å²) < 4.78 is 10.8. The summed E-state index contributed by atoms with van der Waals surface area (Å²) in [6, 6.07) is 0. The maximum Gasteiger partial charge on any atom is 0.503 e. The molecule has 7 heteroatoms. The fourth-order valence-corrected chi connectivity index (χ4v) is 0. The van der Waals surface area contributed by atoms with Crippen molar-refractivity contribution in [2.24, 2.45) is 0 Å². The number of carboxylic acid groups (broad SMARTS) is 4. The van der Waals surface area contributed by atoms with Crippen molar-refractivity contribution in [2.45, 2.75) is 6.92 Å². The predicted octanol–water partition coefficient (Wildman–Crippen LogP) is 1.93. The fourth-order valence-electron chi connectivity index (χ4n) is 0. The lowest BCUT2D eigenvalue weighted by molar-refractivity contribution is 0.135. The zero-order chi connectivity index (χ0) is 10.7. The van der Waals surface area contributed by atoms with Crippen LogP contribution in [0.25, 0.3) is 0 Å². The highest BCUT2D eigenvalue weighted by molar-refractivity contribution is 5.53. The van der Waals surface area contributed by atoms with Crippen LogP contribution in [-0.4, -0.2) is 32.7 Å². The van der Waals surface area contributed by atoms with Crippen molar-refractivity contribution in [1.82, 2.24) is 0 Å². The first-order valence-electron chi connectivity index (χ1n) is 2.35. The Balaban J connectivity index is -0.000000101.